The summed E-state index contributed by atoms with van der Waals surface area (Å²) in [4.78, 5) is 23.1. The average Bonchev–Trinajstić information content (AvgIpc) is 2.93. The predicted octanol–water partition coefficient (Wildman–Crippen LogP) is 2.14. The van der Waals surface area contributed by atoms with Gasteiger partial charge in [0.2, 0.25) is 5.91 Å². The van der Waals surface area contributed by atoms with Gasteiger partial charge in [-0.15, -0.1) is 0 Å². The number of aryl methyl sites for hydroxylation is 1. The van der Waals surface area contributed by atoms with Gasteiger partial charge in [-0.05, 0) is 25.2 Å². The molecular weight excluding hydrogens is 316 g/mol. The van der Waals surface area contributed by atoms with E-state index in [1.54, 1.807) is 0 Å². The zero-order valence-corrected chi connectivity index (χ0v) is 15.6. The molecule has 0 spiro atoms. The first-order chi connectivity index (χ1) is 11.8. The highest BCUT2D eigenvalue weighted by Crippen LogP contribution is 2.31. The lowest BCUT2D eigenvalue weighted by molar-refractivity contribution is -0.118. The summed E-state index contributed by atoms with van der Waals surface area (Å²) in [5, 5.41) is 5.37. The standard InChI is InChI=1S/C18H28N6O/c1-18(2,3)17-21-15-13(10-20-23(15)4)16(22-17)24-9-5-6-12(11-24)7-8-14(19)25/h10,12H,5-9,11H2,1-4H3,(H2,19,25). The minimum absolute atomic E-state index is 0.131. The van der Waals surface area contributed by atoms with Gasteiger partial charge in [-0.25, -0.2) is 9.97 Å². The second-order valence-electron chi connectivity index (χ2n) is 8.09. The fraction of sp³-hybridized carbons (Fsp3) is 0.667. The highest BCUT2D eigenvalue weighted by Gasteiger charge is 2.27. The first kappa shape index (κ1) is 17.6. The molecule has 3 heterocycles. The summed E-state index contributed by atoms with van der Waals surface area (Å²) in [6.45, 7) is 8.25. The molecule has 7 heteroatoms. The van der Waals surface area contributed by atoms with Gasteiger partial charge in [-0.3, -0.25) is 9.48 Å². The van der Waals surface area contributed by atoms with Gasteiger partial charge < -0.3 is 10.6 Å². The summed E-state index contributed by atoms with van der Waals surface area (Å²) in [7, 11) is 1.91. The fourth-order valence-corrected chi connectivity index (χ4v) is 3.42. The quantitative estimate of drug-likeness (QED) is 0.918. The number of carbonyl (C=O) groups excluding carboxylic acids is 1. The first-order valence-electron chi connectivity index (χ1n) is 8.99. The number of anilines is 1. The van der Waals surface area contributed by atoms with E-state index < -0.39 is 0 Å². The summed E-state index contributed by atoms with van der Waals surface area (Å²) in [6.07, 6.45) is 5.39. The second-order valence-corrected chi connectivity index (χ2v) is 8.09. The number of amides is 1. The Morgan fingerprint density at radius 2 is 2.12 bits per heavy atom. The van der Waals surface area contributed by atoms with Gasteiger partial charge in [0.05, 0.1) is 11.6 Å². The summed E-state index contributed by atoms with van der Waals surface area (Å²) in [5.41, 5.74) is 6.06. The summed E-state index contributed by atoms with van der Waals surface area (Å²) in [6, 6.07) is 0. The van der Waals surface area contributed by atoms with E-state index >= 15 is 0 Å². The van der Waals surface area contributed by atoms with Crippen LogP contribution in [0.2, 0.25) is 0 Å². The first-order valence-corrected chi connectivity index (χ1v) is 8.99. The normalized spacial score (nSPS) is 18.7. The number of nitrogens with zero attached hydrogens (tertiary/aromatic N) is 5. The predicted molar refractivity (Wildman–Crippen MR) is 98.4 cm³/mol. The molecule has 3 rings (SSSR count). The second kappa shape index (κ2) is 6.61. The molecule has 0 radical (unpaired) electrons. The highest BCUT2D eigenvalue weighted by molar-refractivity contribution is 5.87. The molecular formula is C18H28N6O. The van der Waals surface area contributed by atoms with Gasteiger partial charge >= 0.3 is 0 Å². The average molecular weight is 344 g/mol. The zero-order valence-electron chi connectivity index (χ0n) is 15.6. The Bertz CT molecular complexity index is 776. The Balaban J connectivity index is 1.95. The number of carbonyl (C=O) groups is 1. The third-order valence-electron chi connectivity index (χ3n) is 4.86. The minimum atomic E-state index is -0.219. The molecule has 0 aliphatic carbocycles. The number of hydrogen-bond acceptors (Lipinski definition) is 5. The number of aromatic nitrogens is 4. The van der Waals surface area contributed by atoms with E-state index in [0.29, 0.717) is 12.3 Å². The van der Waals surface area contributed by atoms with Crippen molar-refractivity contribution in [3.63, 3.8) is 0 Å². The Kier molecular flexibility index (Phi) is 4.67. The number of piperidine rings is 1. The molecule has 1 unspecified atom stereocenters. The van der Waals surface area contributed by atoms with Crippen LogP contribution in [0.25, 0.3) is 11.0 Å². The summed E-state index contributed by atoms with van der Waals surface area (Å²) < 4.78 is 1.81. The van der Waals surface area contributed by atoms with Gasteiger partial charge in [0.25, 0.3) is 0 Å². The van der Waals surface area contributed by atoms with E-state index in [0.717, 1.165) is 55.0 Å². The van der Waals surface area contributed by atoms with Crippen LogP contribution < -0.4 is 10.6 Å². The van der Waals surface area contributed by atoms with Crippen LogP contribution in [-0.4, -0.2) is 38.7 Å². The van der Waals surface area contributed by atoms with Crippen molar-refractivity contribution in [2.45, 2.75) is 51.9 Å². The molecule has 1 aliphatic heterocycles. The maximum atomic E-state index is 11.1. The number of fused-ring (bicyclic) bond motifs is 1. The van der Waals surface area contributed by atoms with Crippen LogP contribution in [0.15, 0.2) is 6.20 Å². The molecule has 136 valence electrons. The number of hydrogen-bond donors (Lipinski definition) is 1. The van der Waals surface area contributed by atoms with Crippen molar-refractivity contribution < 1.29 is 4.79 Å². The number of primary amides is 1. The Labute approximate surface area is 148 Å². The van der Waals surface area contributed by atoms with Crippen molar-refractivity contribution in [2.75, 3.05) is 18.0 Å². The molecule has 1 fully saturated rings. The lowest BCUT2D eigenvalue weighted by Crippen LogP contribution is -2.37. The lowest BCUT2D eigenvalue weighted by atomic mass is 9.93. The zero-order chi connectivity index (χ0) is 18.2. The molecule has 1 atom stereocenters. The van der Waals surface area contributed by atoms with Crippen LogP contribution in [0.4, 0.5) is 5.82 Å². The van der Waals surface area contributed by atoms with Crippen LogP contribution in [0.5, 0.6) is 0 Å². The monoisotopic (exact) mass is 344 g/mol. The molecule has 0 bridgehead atoms. The van der Waals surface area contributed by atoms with Crippen molar-refractivity contribution in [3.8, 4) is 0 Å². The summed E-state index contributed by atoms with van der Waals surface area (Å²) in [5.74, 6) is 2.05. The third-order valence-corrected chi connectivity index (χ3v) is 4.86. The van der Waals surface area contributed by atoms with E-state index in [2.05, 4.69) is 30.8 Å². The molecule has 2 aromatic rings. The maximum Gasteiger partial charge on any atom is 0.217 e. The van der Waals surface area contributed by atoms with Crippen molar-refractivity contribution in [1.82, 2.24) is 19.7 Å². The van der Waals surface area contributed by atoms with Gasteiger partial charge in [0.15, 0.2) is 5.65 Å². The SMILES string of the molecule is Cn1ncc2c(N3CCCC(CCC(N)=O)C3)nc(C(C)(C)C)nc21. The van der Waals surface area contributed by atoms with Gasteiger partial charge in [-0.2, -0.15) is 5.10 Å². The Morgan fingerprint density at radius 3 is 2.80 bits per heavy atom. The lowest BCUT2D eigenvalue weighted by Gasteiger charge is -2.34. The van der Waals surface area contributed by atoms with Crippen LogP contribution >= 0.6 is 0 Å². The Morgan fingerprint density at radius 1 is 1.36 bits per heavy atom. The summed E-state index contributed by atoms with van der Waals surface area (Å²) >= 11 is 0. The molecule has 1 saturated heterocycles. The van der Waals surface area contributed by atoms with Gasteiger partial charge in [-0.1, -0.05) is 20.8 Å². The molecule has 2 N–H and O–H groups in total. The van der Waals surface area contributed by atoms with Crippen LogP contribution in [0, 0.1) is 5.92 Å². The van der Waals surface area contributed by atoms with Gasteiger partial charge in [0.1, 0.15) is 11.6 Å². The van der Waals surface area contributed by atoms with Gasteiger partial charge in [0, 0.05) is 32.0 Å². The van der Waals surface area contributed by atoms with E-state index in [-0.39, 0.29) is 11.3 Å². The molecule has 0 saturated carbocycles. The van der Waals surface area contributed by atoms with Crippen molar-refractivity contribution in [3.05, 3.63) is 12.0 Å². The van der Waals surface area contributed by atoms with Crippen LogP contribution in [0.1, 0.15) is 52.3 Å². The molecule has 2 aromatic heterocycles. The molecule has 25 heavy (non-hydrogen) atoms. The number of rotatable bonds is 4. The van der Waals surface area contributed by atoms with E-state index in [1.807, 2.05) is 17.9 Å². The van der Waals surface area contributed by atoms with E-state index in [1.165, 1.54) is 0 Å². The van der Waals surface area contributed by atoms with Crippen molar-refractivity contribution >= 4 is 22.8 Å². The molecule has 0 aromatic carbocycles. The maximum absolute atomic E-state index is 11.1. The van der Waals surface area contributed by atoms with Crippen molar-refractivity contribution in [2.24, 2.45) is 18.7 Å². The molecule has 7 nitrogen and oxygen atoms in total. The van der Waals surface area contributed by atoms with Crippen LogP contribution in [0.3, 0.4) is 0 Å². The topological polar surface area (TPSA) is 89.9 Å². The molecule has 1 amide bonds. The fourth-order valence-electron chi connectivity index (χ4n) is 3.42. The third kappa shape index (κ3) is 3.75. The van der Waals surface area contributed by atoms with Crippen LogP contribution in [-0.2, 0) is 17.3 Å². The number of nitrogens with two attached hydrogens (primary N) is 1. The van der Waals surface area contributed by atoms with E-state index in [9.17, 15) is 4.79 Å². The minimum Gasteiger partial charge on any atom is -0.370 e. The largest absolute Gasteiger partial charge is 0.370 e. The van der Waals surface area contributed by atoms with E-state index in [4.69, 9.17) is 15.7 Å². The smallest absolute Gasteiger partial charge is 0.217 e. The highest BCUT2D eigenvalue weighted by atomic mass is 16.1. The van der Waals surface area contributed by atoms with Crippen molar-refractivity contribution in [1.29, 1.82) is 0 Å². The molecule has 1 aliphatic rings. The Hall–Kier alpha value is -2.18.